The van der Waals surface area contributed by atoms with Crippen LogP contribution in [0.5, 0.6) is 5.75 Å². The number of ether oxygens (including phenoxy) is 2. The van der Waals surface area contributed by atoms with Crippen LogP contribution in [0.25, 0.3) is 0 Å². The van der Waals surface area contributed by atoms with Gasteiger partial charge in [-0.3, -0.25) is 0 Å². The Hall–Kier alpha value is -1.62. The van der Waals surface area contributed by atoms with Crippen LogP contribution in [0, 0.1) is 5.82 Å². The molecule has 0 fully saturated rings. The van der Waals surface area contributed by atoms with Gasteiger partial charge in [0, 0.05) is 17.7 Å². The molecule has 0 amide bonds. The van der Waals surface area contributed by atoms with E-state index in [2.05, 4.69) is 4.74 Å². The number of carbonyl (C=O) groups is 1. The van der Waals surface area contributed by atoms with Crippen LogP contribution in [-0.4, -0.2) is 19.7 Å². The van der Waals surface area contributed by atoms with Crippen LogP contribution in [0.15, 0.2) is 18.2 Å². The average Bonchev–Trinajstić information content (AvgIpc) is 2.25. The van der Waals surface area contributed by atoms with Crippen LogP contribution in [-0.2, 0) is 9.53 Å². The second kappa shape index (κ2) is 5.46. The van der Waals surface area contributed by atoms with E-state index in [-0.39, 0.29) is 18.4 Å². The predicted octanol–water partition coefficient (Wildman–Crippen LogP) is 1.40. The molecule has 1 aromatic rings. The summed E-state index contributed by atoms with van der Waals surface area (Å²) in [6.07, 6.45) is 0. The van der Waals surface area contributed by atoms with Gasteiger partial charge in [0.05, 0.1) is 7.11 Å². The van der Waals surface area contributed by atoms with Crippen molar-refractivity contribution < 1.29 is 18.7 Å². The van der Waals surface area contributed by atoms with Crippen LogP contribution in [0.4, 0.5) is 4.39 Å². The lowest BCUT2D eigenvalue weighted by Crippen LogP contribution is -2.15. The molecular formula is C11H14FNO3. The minimum atomic E-state index is -0.528. The maximum Gasteiger partial charge on any atom is 0.343 e. The Kier molecular flexibility index (Phi) is 4.25. The van der Waals surface area contributed by atoms with Gasteiger partial charge in [0.1, 0.15) is 11.6 Å². The van der Waals surface area contributed by atoms with Gasteiger partial charge in [-0.05, 0) is 13.0 Å². The number of esters is 1. The van der Waals surface area contributed by atoms with E-state index in [1.54, 1.807) is 6.92 Å². The van der Waals surface area contributed by atoms with Gasteiger partial charge in [-0.25, -0.2) is 9.18 Å². The van der Waals surface area contributed by atoms with Crippen molar-refractivity contribution in [3.63, 3.8) is 0 Å². The fourth-order valence-electron chi connectivity index (χ4n) is 1.20. The highest BCUT2D eigenvalue weighted by molar-refractivity contribution is 5.70. The quantitative estimate of drug-likeness (QED) is 0.790. The van der Waals surface area contributed by atoms with Crippen LogP contribution in [0.1, 0.15) is 18.5 Å². The van der Waals surface area contributed by atoms with E-state index in [9.17, 15) is 9.18 Å². The fourth-order valence-corrected chi connectivity index (χ4v) is 1.20. The smallest absolute Gasteiger partial charge is 0.343 e. The first-order valence-corrected chi connectivity index (χ1v) is 4.79. The molecule has 4 nitrogen and oxygen atoms in total. The highest BCUT2D eigenvalue weighted by Crippen LogP contribution is 2.24. The molecule has 0 saturated heterocycles. The summed E-state index contributed by atoms with van der Waals surface area (Å²) in [7, 11) is 1.25. The number of nitrogens with two attached hydrogens (primary N) is 1. The molecule has 0 spiro atoms. The van der Waals surface area contributed by atoms with Crippen LogP contribution >= 0.6 is 0 Å². The van der Waals surface area contributed by atoms with Crippen molar-refractivity contribution in [1.82, 2.24) is 0 Å². The summed E-state index contributed by atoms with van der Waals surface area (Å²) in [5.74, 6) is -0.704. The summed E-state index contributed by atoms with van der Waals surface area (Å²) in [5, 5.41) is 0. The molecule has 88 valence electrons. The molecule has 16 heavy (non-hydrogen) atoms. The van der Waals surface area contributed by atoms with Gasteiger partial charge in [0.2, 0.25) is 0 Å². The van der Waals surface area contributed by atoms with Gasteiger partial charge < -0.3 is 15.2 Å². The molecule has 0 bridgehead atoms. The lowest BCUT2D eigenvalue weighted by atomic mass is 10.1. The van der Waals surface area contributed by atoms with Crippen molar-refractivity contribution >= 4 is 5.97 Å². The molecule has 5 heteroatoms. The summed E-state index contributed by atoms with van der Waals surface area (Å²) in [4.78, 5) is 10.9. The number of methoxy groups -OCH3 is 1. The van der Waals surface area contributed by atoms with E-state index >= 15 is 0 Å². The molecule has 2 N–H and O–H groups in total. The Morgan fingerprint density at radius 3 is 2.81 bits per heavy atom. The third-order valence-corrected chi connectivity index (χ3v) is 2.04. The number of hydrogen-bond acceptors (Lipinski definition) is 4. The molecule has 0 heterocycles. The summed E-state index contributed by atoms with van der Waals surface area (Å²) >= 11 is 0. The summed E-state index contributed by atoms with van der Waals surface area (Å²) < 4.78 is 22.5. The third kappa shape index (κ3) is 3.20. The van der Waals surface area contributed by atoms with Crippen molar-refractivity contribution in [2.24, 2.45) is 5.73 Å². The number of halogens is 1. The third-order valence-electron chi connectivity index (χ3n) is 2.04. The standard InChI is InChI=1S/C11H14FNO3/c1-7(13)9-4-3-8(12)5-10(9)16-6-11(14)15-2/h3-5,7H,6,13H2,1-2H3/t7-/m1/s1. The minimum absolute atomic E-state index is 0.264. The largest absolute Gasteiger partial charge is 0.481 e. The Balaban J connectivity index is 2.84. The van der Waals surface area contributed by atoms with E-state index in [4.69, 9.17) is 10.5 Å². The Morgan fingerprint density at radius 2 is 2.25 bits per heavy atom. The summed E-state index contributed by atoms with van der Waals surface area (Å²) in [6, 6.07) is 3.73. The maximum atomic E-state index is 13.0. The van der Waals surface area contributed by atoms with E-state index in [1.165, 1.54) is 25.3 Å². The van der Waals surface area contributed by atoms with Crippen LogP contribution in [0.3, 0.4) is 0 Å². The molecule has 0 aliphatic carbocycles. The maximum absolute atomic E-state index is 13.0. The fraction of sp³-hybridized carbons (Fsp3) is 0.364. The van der Waals surface area contributed by atoms with E-state index in [0.29, 0.717) is 5.56 Å². The second-order valence-electron chi connectivity index (χ2n) is 3.34. The average molecular weight is 227 g/mol. The zero-order valence-corrected chi connectivity index (χ0v) is 9.20. The van der Waals surface area contributed by atoms with Crippen molar-refractivity contribution in [3.05, 3.63) is 29.6 Å². The normalized spacial score (nSPS) is 12.0. The van der Waals surface area contributed by atoms with Crippen LogP contribution in [0.2, 0.25) is 0 Å². The monoisotopic (exact) mass is 227 g/mol. The first-order chi connectivity index (χ1) is 7.54. The summed E-state index contributed by atoms with van der Waals surface area (Å²) in [6.45, 7) is 1.48. The van der Waals surface area contributed by atoms with Crippen LogP contribution < -0.4 is 10.5 Å². The zero-order valence-electron chi connectivity index (χ0n) is 9.20. The van der Waals surface area contributed by atoms with E-state index < -0.39 is 11.8 Å². The highest BCUT2D eigenvalue weighted by Gasteiger charge is 2.11. The highest BCUT2D eigenvalue weighted by atomic mass is 19.1. The van der Waals surface area contributed by atoms with Gasteiger partial charge in [-0.2, -0.15) is 0 Å². The minimum Gasteiger partial charge on any atom is -0.481 e. The molecule has 0 radical (unpaired) electrons. The van der Waals surface area contributed by atoms with Crippen molar-refractivity contribution in [1.29, 1.82) is 0 Å². The zero-order chi connectivity index (χ0) is 12.1. The number of rotatable bonds is 4. The van der Waals surface area contributed by atoms with Gasteiger partial charge >= 0.3 is 5.97 Å². The Morgan fingerprint density at radius 1 is 1.56 bits per heavy atom. The lowest BCUT2D eigenvalue weighted by Gasteiger charge is -2.13. The molecular weight excluding hydrogens is 213 g/mol. The number of carbonyl (C=O) groups excluding carboxylic acids is 1. The molecule has 0 aromatic heterocycles. The molecule has 1 atom stereocenters. The van der Waals surface area contributed by atoms with Gasteiger partial charge in [-0.15, -0.1) is 0 Å². The Bertz CT molecular complexity index is 379. The topological polar surface area (TPSA) is 61.5 Å². The van der Waals surface area contributed by atoms with E-state index in [0.717, 1.165) is 0 Å². The van der Waals surface area contributed by atoms with Gasteiger partial charge in [0.15, 0.2) is 6.61 Å². The van der Waals surface area contributed by atoms with Gasteiger partial charge in [-0.1, -0.05) is 6.07 Å². The Labute approximate surface area is 93.2 Å². The van der Waals surface area contributed by atoms with Crippen molar-refractivity contribution in [3.8, 4) is 5.75 Å². The first-order valence-electron chi connectivity index (χ1n) is 4.79. The predicted molar refractivity (Wildman–Crippen MR) is 56.5 cm³/mol. The first kappa shape index (κ1) is 12.4. The molecule has 1 aromatic carbocycles. The van der Waals surface area contributed by atoms with Crippen molar-refractivity contribution in [2.75, 3.05) is 13.7 Å². The summed E-state index contributed by atoms with van der Waals surface area (Å²) in [5.41, 5.74) is 6.33. The molecule has 1 rings (SSSR count). The SMILES string of the molecule is COC(=O)COc1cc(F)ccc1[C@@H](C)N. The number of benzene rings is 1. The molecule has 0 aliphatic heterocycles. The van der Waals surface area contributed by atoms with Crippen molar-refractivity contribution in [2.45, 2.75) is 13.0 Å². The molecule has 0 aliphatic rings. The molecule has 0 saturated carbocycles. The molecule has 0 unspecified atom stereocenters. The lowest BCUT2D eigenvalue weighted by molar-refractivity contribution is -0.142. The van der Waals surface area contributed by atoms with E-state index in [1.807, 2.05) is 0 Å². The van der Waals surface area contributed by atoms with Gasteiger partial charge in [0.25, 0.3) is 0 Å². The number of hydrogen-bond donors (Lipinski definition) is 1. The second-order valence-corrected chi connectivity index (χ2v) is 3.34.